The van der Waals surface area contributed by atoms with Gasteiger partial charge in [0, 0.05) is 5.54 Å². The minimum absolute atomic E-state index is 0.0260. The third-order valence-corrected chi connectivity index (χ3v) is 3.65. The van der Waals surface area contributed by atoms with E-state index in [1.54, 1.807) is 0 Å². The Kier molecular flexibility index (Phi) is 3.13. The summed E-state index contributed by atoms with van der Waals surface area (Å²) >= 11 is 0. The van der Waals surface area contributed by atoms with E-state index in [1.807, 2.05) is 0 Å². The molecule has 17 heavy (non-hydrogen) atoms. The summed E-state index contributed by atoms with van der Waals surface area (Å²) in [6.07, 6.45) is 4.40. The molecule has 92 valence electrons. The van der Waals surface area contributed by atoms with Crippen molar-refractivity contribution >= 4 is 5.57 Å². The van der Waals surface area contributed by atoms with Crippen molar-refractivity contribution in [3.63, 3.8) is 0 Å². The van der Waals surface area contributed by atoms with E-state index in [0.29, 0.717) is 5.92 Å². The third-order valence-electron chi connectivity index (χ3n) is 3.65. The zero-order valence-corrected chi connectivity index (χ0v) is 11.4. The molecule has 1 aromatic rings. The molecule has 2 atom stereocenters. The lowest BCUT2D eigenvalue weighted by atomic mass is 9.76. The van der Waals surface area contributed by atoms with E-state index in [0.717, 1.165) is 12.8 Å². The Labute approximate surface area is 105 Å². The fourth-order valence-electron chi connectivity index (χ4n) is 2.98. The molecule has 1 aliphatic carbocycles. The van der Waals surface area contributed by atoms with Crippen molar-refractivity contribution in [3.05, 3.63) is 41.0 Å². The molecular weight excluding hydrogens is 206 g/mol. The molecule has 0 aromatic heterocycles. The second-order valence-corrected chi connectivity index (χ2v) is 6.00. The summed E-state index contributed by atoms with van der Waals surface area (Å²) in [5, 5.41) is 0. The zero-order chi connectivity index (χ0) is 12.6. The van der Waals surface area contributed by atoms with E-state index in [-0.39, 0.29) is 5.54 Å². The van der Waals surface area contributed by atoms with Crippen LogP contribution in [-0.2, 0) is 0 Å². The molecule has 0 amide bonds. The molecule has 0 spiro atoms. The van der Waals surface area contributed by atoms with Gasteiger partial charge in [-0.25, -0.2) is 0 Å². The van der Waals surface area contributed by atoms with Crippen molar-refractivity contribution in [2.75, 3.05) is 0 Å². The minimum Gasteiger partial charge on any atom is -0.325 e. The van der Waals surface area contributed by atoms with Crippen molar-refractivity contribution in [3.8, 4) is 0 Å². The molecule has 2 rings (SSSR count). The first-order valence-corrected chi connectivity index (χ1v) is 6.45. The van der Waals surface area contributed by atoms with Crippen molar-refractivity contribution < 1.29 is 0 Å². The average molecular weight is 229 g/mol. The molecule has 0 saturated heterocycles. The van der Waals surface area contributed by atoms with Crippen LogP contribution in [0.15, 0.2) is 24.3 Å². The molecule has 1 aromatic carbocycles. The first kappa shape index (κ1) is 12.4. The van der Waals surface area contributed by atoms with Gasteiger partial charge in [-0.05, 0) is 50.7 Å². The van der Waals surface area contributed by atoms with Gasteiger partial charge in [-0.15, -0.1) is 0 Å². The average Bonchev–Trinajstić information content (AvgIpc) is 2.13. The normalized spacial score (nSPS) is 29.0. The standard InChI is InChI=1S/C16H23N/c1-11-7-12(2)9-14(8-11)15-5-6-16(4,17)10-13(15)3/h5,7-9,13H,6,10,17H2,1-4H3. The van der Waals surface area contributed by atoms with E-state index in [9.17, 15) is 0 Å². The molecule has 2 unspecified atom stereocenters. The quantitative estimate of drug-likeness (QED) is 0.778. The van der Waals surface area contributed by atoms with Gasteiger partial charge in [0.05, 0.1) is 0 Å². The molecule has 0 bridgehead atoms. The van der Waals surface area contributed by atoms with Crippen molar-refractivity contribution in [2.24, 2.45) is 11.7 Å². The lowest BCUT2D eigenvalue weighted by Gasteiger charge is -2.33. The third kappa shape index (κ3) is 2.78. The van der Waals surface area contributed by atoms with Gasteiger partial charge in [0.1, 0.15) is 0 Å². The molecule has 2 N–H and O–H groups in total. The van der Waals surface area contributed by atoms with Crippen LogP contribution in [0, 0.1) is 19.8 Å². The maximum Gasteiger partial charge on any atom is 0.0166 e. The zero-order valence-electron chi connectivity index (χ0n) is 11.4. The van der Waals surface area contributed by atoms with E-state index >= 15 is 0 Å². The number of nitrogens with two attached hydrogens (primary N) is 1. The smallest absolute Gasteiger partial charge is 0.0166 e. The monoisotopic (exact) mass is 229 g/mol. The van der Waals surface area contributed by atoms with Gasteiger partial charge in [-0.1, -0.05) is 42.3 Å². The van der Waals surface area contributed by atoms with Crippen LogP contribution in [-0.4, -0.2) is 5.54 Å². The van der Waals surface area contributed by atoms with Gasteiger partial charge >= 0.3 is 0 Å². The van der Waals surface area contributed by atoms with Gasteiger partial charge in [0.2, 0.25) is 0 Å². The maximum absolute atomic E-state index is 6.22. The molecule has 0 heterocycles. The summed E-state index contributed by atoms with van der Waals surface area (Å²) in [6.45, 7) is 8.77. The van der Waals surface area contributed by atoms with Crippen LogP contribution in [0.4, 0.5) is 0 Å². The highest BCUT2D eigenvalue weighted by Crippen LogP contribution is 2.36. The van der Waals surface area contributed by atoms with Crippen LogP contribution < -0.4 is 5.73 Å². The highest BCUT2D eigenvalue weighted by atomic mass is 14.7. The van der Waals surface area contributed by atoms with Crippen molar-refractivity contribution in [2.45, 2.75) is 46.1 Å². The van der Waals surface area contributed by atoms with Crippen LogP contribution in [0.5, 0.6) is 0 Å². The molecule has 1 aliphatic rings. The van der Waals surface area contributed by atoms with Gasteiger partial charge in [0.25, 0.3) is 0 Å². The summed E-state index contributed by atoms with van der Waals surface area (Å²) in [6, 6.07) is 6.80. The number of hydrogen-bond acceptors (Lipinski definition) is 1. The van der Waals surface area contributed by atoms with Gasteiger partial charge in [-0.3, -0.25) is 0 Å². The summed E-state index contributed by atoms with van der Waals surface area (Å²) in [5.41, 5.74) is 11.7. The Morgan fingerprint density at radius 1 is 1.18 bits per heavy atom. The second-order valence-electron chi connectivity index (χ2n) is 6.00. The van der Waals surface area contributed by atoms with Crippen LogP contribution >= 0.6 is 0 Å². The molecule has 1 heteroatoms. The highest BCUT2D eigenvalue weighted by Gasteiger charge is 2.27. The minimum atomic E-state index is -0.0260. The van der Waals surface area contributed by atoms with E-state index in [4.69, 9.17) is 5.73 Å². The number of hydrogen-bond donors (Lipinski definition) is 1. The van der Waals surface area contributed by atoms with E-state index in [2.05, 4.69) is 52.0 Å². The Hall–Kier alpha value is -1.08. The van der Waals surface area contributed by atoms with Crippen molar-refractivity contribution in [1.82, 2.24) is 0 Å². The Morgan fingerprint density at radius 3 is 2.29 bits per heavy atom. The summed E-state index contributed by atoms with van der Waals surface area (Å²) in [5.74, 6) is 0.556. The summed E-state index contributed by atoms with van der Waals surface area (Å²) < 4.78 is 0. The van der Waals surface area contributed by atoms with Crippen LogP contribution in [0.1, 0.15) is 43.4 Å². The number of rotatable bonds is 1. The molecule has 0 radical (unpaired) electrons. The molecule has 1 nitrogen and oxygen atoms in total. The molecular formula is C16H23N. The summed E-state index contributed by atoms with van der Waals surface area (Å²) in [4.78, 5) is 0. The lowest BCUT2D eigenvalue weighted by molar-refractivity contribution is 0.382. The number of aryl methyl sites for hydroxylation is 2. The Bertz CT molecular complexity index is 434. The molecule has 0 saturated carbocycles. The second kappa shape index (κ2) is 4.30. The molecule has 0 fully saturated rings. The van der Waals surface area contributed by atoms with E-state index < -0.39 is 0 Å². The lowest BCUT2D eigenvalue weighted by Crippen LogP contribution is -2.39. The number of benzene rings is 1. The predicted molar refractivity (Wildman–Crippen MR) is 74.9 cm³/mol. The number of allylic oxidation sites excluding steroid dienone is 1. The fourth-order valence-corrected chi connectivity index (χ4v) is 2.98. The molecule has 0 aliphatic heterocycles. The van der Waals surface area contributed by atoms with Crippen molar-refractivity contribution in [1.29, 1.82) is 0 Å². The predicted octanol–water partition coefficient (Wildman–Crippen LogP) is 3.83. The van der Waals surface area contributed by atoms with Crippen LogP contribution in [0.3, 0.4) is 0 Å². The SMILES string of the molecule is Cc1cc(C)cc(C2=CCC(C)(N)CC2C)c1. The van der Waals surface area contributed by atoms with Gasteiger partial charge in [0.15, 0.2) is 0 Å². The van der Waals surface area contributed by atoms with Crippen LogP contribution in [0.2, 0.25) is 0 Å². The Balaban J connectivity index is 2.37. The summed E-state index contributed by atoms with van der Waals surface area (Å²) in [7, 11) is 0. The van der Waals surface area contributed by atoms with Gasteiger partial charge < -0.3 is 5.73 Å². The largest absolute Gasteiger partial charge is 0.325 e. The first-order chi connectivity index (χ1) is 7.87. The highest BCUT2D eigenvalue weighted by molar-refractivity contribution is 5.69. The first-order valence-electron chi connectivity index (χ1n) is 6.45. The van der Waals surface area contributed by atoms with Crippen LogP contribution in [0.25, 0.3) is 5.57 Å². The fraction of sp³-hybridized carbons (Fsp3) is 0.500. The maximum atomic E-state index is 6.22. The van der Waals surface area contributed by atoms with Gasteiger partial charge in [-0.2, -0.15) is 0 Å². The van der Waals surface area contributed by atoms with E-state index in [1.165, 1.54) is 22.3 Å². The topological polar surface area (TPSA) is 26.0 Å². The Morgan fingerprint density at radius 2 is 1.76 bits per heavy atom.